The Morgan fingerprint density at radius 3 is 3.05 bits per heavy atom. The maximum atomic E-state index is 6.24. The number of nitrogens with zero attached hydrogens (tertiary/aromatic N) is 4. The van der Waals surface area contributed by atoms with E-state index < -0.39 is 0 Å². The Morgan fingerprint density at radius 2 is 2.37 bits per heavy atom. The van der Waals surface area contributed by atoms with Gasteiger partial charge in [0.2, 0.25) is 0 Å². The fraction of sp³-hybridized carbons (Fsp3) is 0.417. The van der Waals surface area contributed by atoms with Crippen LogP contribution in [0, 0.1) is 0 Å². The molecule has 3 rings (SSSR count). The molecule has 2 aromatic rings. The van der Waals surface area contributed by atoms with Gasteiger partial charge in [-0.1, -0.05) is 18.5 Å². The Morgan fingerprint density at radius 1 is 1.47 bits per heavy atom. The van der Waals surface area contributed by atoms with E-state index in [0.717, 1.165) is 28.6 Å². The molecular formula is C12H14ClN5S. The van der Waals surface area contributed by atoms with Gasteiger partial charge in [-0.05, 0) is 35.0 Å². The number of tetrazole rings is 1. The van der Waals surface area contributed by atoms with Crippen molar-refractivity contribution in [2.75, 3.05) is 11.1 Å². The minimum Gasteiger partial charge on any atom is -0.380 e. The summed E-state index contributed by atoms with van der Waals surface area (Å²) < 4.78 is 1.62. The van der Waals surface area contributed by atoms with Crippen LogP contribution in [0.2, 0.25) is 5.02 Å². The maximum absolute atomic E-state index is 6.24. The molecule has 2 unspecified atom stereocenters. The van der Waals surface area contributed by atoms with Gasteiger partial charge in [-0.25, -0.2) is 4.68 Å². The summed E-state index contributed by atoms with van der Waals surface area (Å²) in [7, 11) is 0. The SMILES string of the molecule is CC1CC(Nc2cc(-n3cnnn3)ccc2Cl)CS1. The number of thioether (sulfide) groups is 1. The molecule has 1 aliphatic heterocycles. The van der Waals surface area contributed by atoms with Crippen molar-refractivity contribution in [2.24, 2.45) is 0 Å². The van der Waals surface area contributed by atoms with E-state index in [-0.39, 0.29) is 0 Å². The third-order valence-corrected chi connectivity index (χ3v) is 4.81. The number of anilines is 1. The molecule has 19 heavy (non-hydrogen) atoms. The number of benzene rings is 1. The Bertz CT molecular complexity index is 559. The topological polar surface area (TPSA) is 55.6 Å². The largest absolute Gasteiger partial charge is 0.380 e. The van der Waals surface area contributed by atoms with Crippen LogP contribution in [0.3, 0.4) is 0 Å². The maximum Gasteiger partial charge on any atom is 0.143 e. The van der Waals surface area contributed by atoms with Gasteiger partial charge in [0, 0.05) is 17.0 Å². The van der Waals surface area contributed by atoms with Crippen LogP contribution in [-0.2, 0) is 0 Å². The van der Waals surface area contributed by atoms with E-state index in [2.05, 4.69) is 27.8 Å². The summed E-state index contributed by atoms with van der Waals surface area (Å²) >= 11 is 8.23. The molecule has 2 atom stereocenters. The van der Waals surface area contributed by atoms with E-state index in [0.29, 0.717) is 11.3 Å². The zero-order valence-electron chi connectivity index (χ0n) is 10.5. The van der Waals surface area contributed by atoms with Crippen LogP contribution in [0.1, 0.15) is 13.3 Å². The van der Waals surface area contributed by atoms with Gasteiger partial charge >= 0.3 is 0 Å². The molecule has 0 bridgehead atoms. The third-order valence-electron chi connectivity index (χ3n) is 3.12. The molecule has 1 saturated heterocycles. The lowest BCUT2D eigenvalue weighted by Gasteiger charge is -2.15. The minimum absolute atomic E-state index is 0.474. The van der Waals surface area contributed by atoms with Crippen LogP contribution in [0.15, 0.2) is 24.5 Å². The predicted octanol–water partition coefficient (Wildman–Crippen LogP) is 2.62. The van der Waals surface area contributed by atoms with Crippen LogP contribution >= 0.6 is 23.4 Å². The lowest BCUT2D eigenvalue weighted by Crippen LogP contribution is -2.19. The fourth-order valence-corrected chi connectivity index (χ4v) is 3.50. The van der Waals surface area contributed by atoms with Gasteiger partial charge in [0.25, 0.3) is 0 Å². The van der Waals surface area contributed by atoms with Crippen molar-refractivity contribution in [1.29, 1.82) is 0 Å². The van der Waals surface area contributed by atoms with Crippen molar-refractivity contribution in [2.45, 2.75) is 24.6 Å². The second-order valence-corrected chi connectivity index (χ2v) is 6.52. The van der Waals surface area contributed by atoms with Crippen LogP contribution in [-0.4, -0.2) is 37.3 Å². The lowest BCUT2D eigenvalue weighted by molar-refractivity contribution is 0.746. The van der Waals surface area contributed by atoms with Crippen LogP contribution in [0.5, 0.6) is 0 Å². The monoisotopic (exact) mass is 295 g/mol. The highest BCUT2D eigenvalue weighted by Crippen LogP contribution is 2.31. The standard InChI is InChI=1S/C12H14ClN5S/c1-8-4-9(6-19-8)15-12-5-10(2-3-11(12)13)18-7-14-16-17-18/h2-3,5,7-9,15H,4,6H2,1H3. The van der Waals surface area contributed by atoms with Crippen LogP contribution < -0.4 is 5.32 Å². The molecule has 100 valence electrons. The van der Waals surface area contributed by atoms with Crippen molar-refractivity contribution in [1.82, 2.24) is 20.2 Å². The predicted molar refractivity (Wildman–Crippen MR) is 78.1 cm³/mol. The van der Waals surface area contributed by atoms with E-state index in [9.17, 15) is 0 Å². The smallest absolute Gasteiger partial charge is 0.143 e. The Hall–Kier alpha value is -1.27. The molecule has 0 radical (unpaired) electrons. The molecule has 5 nitrogen and oxygen atoms in total. The first kappa shape index (κ1) is 12.7. The lowest BCUT2D eigenvalue weighted by atomic mass is 10.2. The van der Waals surface area contributed by atoms with E-state index in [1.807, 2.05) is 30.0 Å². The van der Waals surface area contributed by atoms with E-state index in [4.69, 9.17) is 11.6 Å². The van der Waals surface area contributed by atoms with Gasteiger partial charge < -0.3 is 5.32 Å². The number of hydrogen-bond acceptors (Lipinski definition) is 5. The normalized spacial score (nSPS) is 22.6. The summed E-state index contributed by atoms with van der Waals surface area (Å²) in [6, 6.07) is 6.22. The van der Waals surface area contributed by atoms with E-state index >= 15 is 0 Å². The van der Waals surface area contributed by atoms with Crippen LogP contribution in [0.25, 0.3) is 5.69 Å². The first-order valence-corrected chi connectivity index (χ1v) is 7.56. The molecule has 1 aliphatic rings. The molecule has 1 N–H and O–H groups in total. The Balaban J connectivity index is 1.82. The quantitative estimate of drug-likeness (QED) is 0.943. The zero-order valence-corrected chi connectivity index (χ0v) is 12.0. The molecule has 0 amide bonds. The van der Waals surface area contributed by atoms with Gasteiger partial charge in [-0.3, -0.25) is 0 Å². The van der Waals surface area contributed by atoms with Gasteiger partial charge in [0.05, 0.1) is 16.4 Å². The average molecular weight is 296 g/mol. The first-order chi connectivity index (χ1) is 9.22. The zero-order chi connectivity index (χ0) is 13.2. The van der Waals surface area contributed by atoms with Crippen molar-refractivity contribution in [3.05, 3.63) is 29.5 Å². The summed E-state index contributed by atoms with van der Waals surface area (Å²) in [6.07, 6.45) is 2.73. The fourth-order valence-electron chi connectivity index (χ4n) is 2.18. The summed E-state index contributed by atoms with van der Waals surface area (Å²) in [5, 5.41) is 16.1. The molecule has 1 aromatic carbocycles. The highest BCUT2D eigenvalue weighted by atomic mass is 35.5. The minimum atomic E-state index is 0.474. The second kappa shape index (κ2) is 5.38. The van der Waals surface area contributed by atoms with Crippen LogP contribution in [0.4, 0.5) is 5.69 Å². The highest BCUT2D eigenvalue weighted by molar-refractivity contribution is 8.00. The Kier molecular flexibility index (Phi) is 3.61. The first-order valence-electron chi connectivity index (χ1n) is 6.13. The van der Waals surface area contributed by atoms with Gasteiger partial charge in [0.1, 0.15) is 6.33 Å². The molecule has 2 heterocycles. The number of halogens is 1. The summed E-state index contributed by atoms with van der Waals surface area (Å²) in [4.78, 5) is 0. The number of aromatic nitrogens is 4. The Labute approximate surface area is 120 Å². The van der Waals surface area contributed by atoms with Crippen molar-refractivity contribution in [3.8, 4) is 5.69 Å². The molecular weight excluding hydrogens is 282 g/mol. The van der Waals surface area contributed by atoms with Crippen molar-refractivity contribution < 1.29 is 0 Å². The number of nitrogens with one attached hydrogen (secondary N) is 1. The summed E-state index contributed by atoms with van der Waals surface area (Å²) in [6.45, 7) is 2.26. The van der Waals surface area contributed by atoms with Crippen molar-refractivity contribution in [3.63, 3.8) is 0 Å². The number of hydrogen-bond donors (Lipinski definition) is 1. The molecule has 1 fully saturated rings. The van der Waals surface area contributed by atoms with Gasteiger partial charge in [-0.15, -0.1) is 5.10 Å². The highest BCUT2D eigenvalue weighted by Gasteiger charge is 2.22. The van der Waals surface area contributed by atoms with E-state index in [1.165, 1.54) is 0 Å². The second-order valence-electron chi connectivity index (χ2n) is 4.64. The molecule has 0 spiro atoms. The molecule has 0 saturated carbocycles. The average Bonchev–Trinajstić information content (AvgIpc) is 3.04. The molecule has 7 heteroatoms. The van der Waals surface area contributed by atoms with Gasteiger partial charge in [0.15, 0.2) is 0 Å². The van der Waals surface area contributed by atoms with E-state index in [1.54, 1.807) is 11.0 Å². The molecule has 1 aromatic heterocycles. The summed E-state index contributed by atoms with van der Waals surface area (Å²) in [5.41, 5.74) is 1.84. The van der Waals surface area contributed by atoms with Gasteiger partial charge in [-0.2, -0.15) is 11.8 Å². The summed E-state index contributed by atoms with van der Waals surface area (Å²) in [5.74, 6) is 1.12. The third kappa shape index (κ3) is 2.84. The van der Waals surface area contributed by atoms with Crippen molar-refractivity contribution >= 4 is 29.1 Å². The number of rotatable bonds is 3. The molecule has 0 aliphatic carbocycles.